The minimum Gasteiger partial charge on any atom is -0.508 e. The lowest BCUT2D eigenvalue weighted by molar-refractivity contribution is -0.305. The number of carbonyl (C=O) groups is 1. The molecule has 0 spiro atoms. The number of hydrogen-bond donors (Lipinski definition) is 7. The van der Waals surface area contributed by atoms with Gasteiger partial charge in [-0.05, 0) is 74.3 Å². The molecule has 3 aromatic rings. The number of fused-ring (bicyclic) bond motifs is 2. The van der Waals surface area contributed by atoms with E-state index < -0.39 is 42.3 Å². The number of nitrogens with one attached hydrogen (secondary N) is 2. The van der Waals surface area contributed by atoms with Crippen LogP contribution in [0.3, 0.4) is 0 Å². The SMILES string of the molecule is CNCC1(C(=O)O)OC(Oc2cc3c(c(-c4cccc(O)c4)c2)C2Oc4c(OC)c(OC)cc5c4C2C(CCCC5NC)O3)C(O)C(O)C1O. The van der Waals surface area contributed by atoms with Crippen LogP contribution in [0.15, 0.2) is 42.5 Å². The van der Waals surface area contributed by atoms with Crippen molar-refractivity contribution in [2.24, 2.45) is 0 Å². The van der Waals surface area contributed by atoms with Gasteiger partial charge >= 0.3 is 5.97 Å². The van der Waals surface area contributed by atoms with Crippen LogP contribution in [-0.2, 0) is 9.53 Å². The first-order chi connectivity index (χ1) is 24.1. The standard InChI is InChI=1S/C36H42N2O12/c1-37-15-36(35(43)44)33(42)28(40)29(41)34(50-36)47-18-12-19(16-7-5-8-17(39)11-16)25-23(13-18)48-22-10-6-9-21(38-2)20-14-24(45-3)30(46-4)32-26(20)27(22)31(25)49-32/h5,7-8,11-14,21-22,27-29,31,33-34,37-42H,6,9-10,15H2,1-4H3,(H,43,44). The van der Waals surface area contributed by atoms with Gasteiger partial charge < -0.3 is 64.6 Å². The molecule has 0 aromatic heterocycles. The Hall–Kier alpha value is -4.31. The van der Waals surface area contributed by atoms with E-state index in [9.17, 15) is 30.3 Å². The maximum Gasteiger partial charge on any atom is 0.340 e. The Kier molecular flexibility index (Phi) is 8.95. The van der Waals surface area contributed by atoms with Gasteiger partial charge in [-0.3, -0.25) is 0 Å². The van der Waals surface area contributed by atoms with Crippen molar-refractivity contribution in [3.05, 3.63) is 59.2 Å². The zero-order chi connectivity index (χ0) is 35.5. The first kappa shape index (κ1) is 34.2. The zero-order valence-electron chi connectivity index (χ0n) is 28.1. The van der Waals surface area contributed by atoms with Crippen molar-refractivity contribution in [2.75, 3.05) is 34.9 Å². The predicted molar refractivity (Wildman–Crippen MR) is 177 cm³/mol. The number of carboxylic acid groups (broad SMARTS) is 1. The van der Waals surface area contributed by atoms with Crippen LogP contribution in [0.2, 0.25) is 0 Å². The molecule has 14 nitrogen and oxygen atoms in total. The number of carboxylic acids is 1. The smallest absolute Gasteiger partial charge is 0.340 e. The highest BCUT2D eigenvalue weighted by atomic mass is 16.7. The molecule has 0 bridgehead atoms. The van der Waals surface area contributed by atoms with E-state index in [1.54, 1.807) is 44.6 Å². The number of likely N-dealkylation sites (N-methyl/N-ethyl adjacent to an activating group) is 1. The third-order valence-corrected chi connectivity index (χ3v) is 10.4. The molecule has 1 fully saturated rings. The molecule has 7 rings (SSSR count). The van der Waals surface area contributed by atoms with E-state index in [2.05, 4.69) is 10.6 Å². The van der Waals surface area contributed by atoms with Crippen LogP contribution in [0.4, 0.5) is 0 Å². The highest BCUT2D eigenvalue weighted by Crippen LogP contribution is 2.63. The second kappa shape index (κ2) is 13.1. The summed E-state index contributed by atoms with van der Waals surface area (Å²) >= 11 is 0. The lowest BCUT2D eigenvalue weighted by Crippen LogP contribution is -2.71. The summed E-state index contributed by atoms with van der Waals surface area (Å²) < 4.78 is 37.2. The van der Waals surface area contributed by atoms with E-state index >= 15 is 0 Å². The molecule has 3 aromatic carbocycles. The lowest BCUT2D eigenvalue weighted by Gasteiger charge is -2.46. The number of benzene rings is 3. The maximum atomic E-state index is 12.4. The van der Waals surface area contributed by atoms with Crippen LogP contribution in [-0.4, -0.2) is 103 Å². The number of aliphatic carboxylic acids is 1. The Morgan fingerprint density at radius 1 is 1.00 bits per heavy atom. The molecule has 9 unspecified atom stereocenters. The van der Waals surface area contributed by atoms with Gasteiger partial charge in [0.05, 0.1) is 20.1 Å². The molecule has 0 radical (unpaired) electrons. The largest absolute Gasteiger partial charge is 0.508 e. The number of phenols is 1. The van der Waals surface area contributed by atoms with Crippen molar-refractivity contribution in [3.8, 4) is 45.6 Å². The topological polar surface area (TPSA) is 198 Å². The minimum atomic E-state index is -2.32. The summed E-state index contributed by atoms with van der Waals surface area (Å²) in [5.74, 6) is 0.371. The van der Waals surface area contributed by atoms with Crippen molar-refractivity contribution in [3.63, 3.8) is 0 Å². The summed E-state index contributed by atoms with van der Waals surface area (Å²) in [5.41, 5.74) is 1.56. The van der Waals surface area contributed by atoms with Crippen LogP contribution in [0, 0.1) is 0 Å². The first-order valence-electron chi connectivity index (χ1n) is 16.6. The van der Waals surface area contributed by atoms with E-state index in [1.165, 1.54) is 7.05 Å². The highest BCUT2D eigenvalue weighted by molar-refractivity contribution is 5.79. The minimum absolute atomic E-state index is 0.0192. The molecule has 50 heavy (non-hydrogen) atoms. The van der Waals surface area contributed by atoms with Crippen molar-refractivity contribution in [1.29, 1.82) is 0 Å². The summed E-state index contributed by atoms with van der Waals surface area (Å²) in [7, 11) is 6.56. The fraction of sp³-hybridized carbons (Fsp3) is 0.472. The number of aliphatic hydroxyl groups is 3. The Balaban J connectivity index is 1.38. The van der Waals surface area contributed by atoms with Crippen molar-refractivity contribution in [2.45, 2.75) is 73.6 Å². The Morgan fingerprint density at radius 2 is 1.80 bits per heavy atom. The quantitative estimate of drug-likeness (QED) is 0.172. The lowest BCUT2D eigenvalue weighted by atomic mass is 9.75. The van der Waals surface area contributed by atoms with Crippen molar-refractivity contribution < 1.29 is 58.7 Å². The van der Waals surface area contributed by atoms with E-state index in [0.29, 0.717) is 46.1 Å². The molecule has 3 heterocycles. The van der Waals surface area contributed by atoms with Gasteiger partial charge in [-0.2, -0.15) is 0 Å². The Morgan fingerprint density at radius 3 is 2.48 bits per heavy atom. The van der Waals surface area contributed by atoms with Gasteiger partial charge in [0.25, 0.3) is 0 Å². The van der Waals surface area contributed by atoms with Crippen LogP contribution >= 0.6 is 0 Å². The maximum absolute atomic E-state index is 12.4. The second-order valence-electron chi connectivity index (χ2n) is 13.1. The van der Waals surface area contributed by atoms with Gasteiger partial charge in [-0.15, -0.1) is 0 Å². The van der Waals surface area contributed by atoms with Gasteiger partial charge in [-0.25, -0.2) is 4.79 Å². The molecule has 1 aliphatic carbocycles. The van der Waals surface area contributed by atoms with Crippen LogP contribution in [0.5, 0.6) is 34.5 Å². The Bertz CT molecular complexity index is 1790. The third kappa shape index (κ3) is 5.29. The van der Waals surface area contributed by atoms with Gasteiger partial charge in [0.15, 0.2) is 11.5 Å². The average Bonchev–Trinajstić information content (AvgIpc) is 3.50. The molecule has 1 saturated heterocycles. The average molecular weight is 695 g/mol. The van der Waals surface area contributed by atoms with E-state index in [4.69, 9.17) is 28.4 Å². The molecule has 7 N–H and O–H groups in total. The molecule has 9 atom stereocenters. The molecule has 4 aliphatic rings. The van der Waals surface area contributed by atoms with Gasteiger partial charge in [0.2, 0.25) is 17.6 Å². The van der Waals surface area contributed by atoms with Crippen LogP contribution < -0.4 is 34.3 Å². The zero-order valence-corrected chi connectivity index (χ0v) is 28.1. The second-order valence-corrected chi connectivity index (χ2v) is 13.1. The molecular weight excluding hydrogens is 652 g/mol. The van der Waals surface area contributed by atoms with Gasteiger partial charge in [0.1, 0.15) is 47.8 Å². The van der Waals surface area contributed by atoms with E-state index in [1.807, 2.05) is 19.2 Å². The molecular formula is C36H42N2O12. The number of hydrogen-bond acceptors (Lipinski definition) is 13. The molecule has 0 saturated carbocycles. The Labute approximate surface area is 288 Å². The summed E-state index contributed by atoms with van der Waals surface area (Å²) in [6, 6.07) is 12.0. The van der Waals surface area contributed by atoms with E-state index in [-0.39, 0.29) is 36.1 Å². The van der Waals surface area contributed by atoms with Crippen LogP contribution in [0.25, 0.3) is 11.1 Å². The van der Waals surface area contributed by atoms with E-state index in [0.717, 1.165) is 24.0 Å². The number of aliphatic hydroxyl groups excluding tert-OH is 3. The number of phenolic OH excluding ortho intramolecular Hbond substituents is 1. The van der Waals surface area contributed by atoms with Crippen molar-refractivity contribution >= 4 is 5.97 Å². The fourth-order valence-electron chi connectivity index (χ4n) is 8.00. The van der Waals surface area contributed by atoms with Crippen LogP contribution in [0.1, 0.15) is 54.0 Å². The fourth-order valence-corrected chi connectivity index (χ4v) is 8.00. The summed E-state index contributed by atoms with van der Waals surface area (Å²) in [6.07, 6.45) is -5.85. The number of ether oxygens (including phenoxy) is 6. The molecule has 268 valence electrons. The highest BCUT2D eigenvalue weighted by Gasteiger charge is 2.59. The summed E-state index contributed by atoms with van der Waals surface area (Å²) in [4.78, 5) is 12.4. The number of methoxy groups -OCH3 is 2. The summed E-state index contributed by atoms with van der Waals surface area (Å²) in [5, 5.41) is 59.1. The normalized spacial score (nSPS) is 30.9. The number of aromatic hydroxyl groups is 1. The number of rotatable bonds is 9. The molecule has 0 amide bonds. The monoisotopic (exact) mass is 694 g/mol. The molecule has 3 aliphatic heterocycles. The van der Waals surface area contributed by atoms with Gasteiger partial charge in [0, 0.05) is 29.8 Å². The predicted octanol–water partition coefficient (Wildman–Crippen LogP) is 2.36. The third-order valence-electron chi connectivity index (χ3n) is 10.4. The molecule has 14 heteroatoms. The van der Waals surface area contributed by atoms with Gasteiger partial charge in [-0.1, -0.05) is 12.1 Å². The summed E-state index contributed by atoms with van der Waals surface area (Å²) in [6.45, 7) is -0.387. The first-order valence-corrected chi connectivity index (χ1v) is 16.6. The van der Waals surface area contributed by atoms with Crippen molar-refractivity contribution in [1.82, 2.24) is 10.6 Å².